The average molecular weight is 445 g/mol. The third kappa shape index (κ3) is 6.19. The van der Waals surface area contributed by atoms with Crippen LogP contribution < -0.4 is 9.47 Å². The maximum Gasteiger partial charge on any atom is 0.338 e. The molecule has 0 spiro atoms. The Hall–Kier alpha value is -3.66. The number of carbonyl (C=O) groups is 2. The number of esters is 2. The standard InChI is InChI=1S/C29H32O4/c1-9-11-21-17-23(13-15-25(21)32-27(30)19(3)4)29(7,8)24-14-16-26(22(18-24)12-10-2)33-28(31)20(5)6/h9-10,13-18H,1-3,5,11-12H2,4,6-8H3. The van der Waals surface area contributed by atoms with E-state index in [1.807, 2.05) is 36.4 Å². The molecule has 0 radical (unpaired) electrons. The van der Waals surface area contributed by atoms with Crippen LogP contribution in [0.4, 0.5) is 0 Å². The summed E-state index contributed by atoms with van der Waals surface area (Å²) in [5.74, 6) is 0.0799. The Bertz CT molecular complexity index is 1030. The van der Waals surface area contributed by atoms with Gasteiger partial charge in [0.05, 0.1) is 0 Å². The second-order valence-corrected chi connectivity index (χ2v) is 8.60. The number of hydrogen-bond donors (Lipinski definition) is 0. The van der Waals surface area contributed by atoms with Gasteiger partial charge in [0.2, 0.25) is 0 Å². The van der Waals surface area contributed by atoms with Gasteiger partial charge < -0.3 is 9.47 Å². The Morgan fingerprint density at radius 2 is 1.15 bits per heavy atom. The van der Waals surface area contributed by atoms with Crippen LogP contribution in [0.25, 0.3) is 0 Å². The summed E-state index contributed by atoms with van der Waals surface area (Å²) in [4.78, 5) is 24.0. The van der Waals surface area contributed by atoms with Gasteiger partial charge in [-0.2, -0.15) is 0 Å². The molecule has 0 fully saturated rings. The normalized spacial score (nSPS) is 10.8. The van der Waals surface area contributed by atoms with Crippen molar-refractivity contribution in [2.75, 3.05) is 0 Å². The first-order valence-electron chi connectivity index (χ1n) is 10.7. The summed E-state index contributed by atoms with van der Waals surface area (Å²) < 4.78 is 11.0. The molecule has 0 amide bonds. The molecule has 4 heteroatoms. The summed E-state index contributed by atoms with van der Waals surface area (Å²) in [6.07, 6.45) is 4.66. The summed E-state index contributed by atoms with van der Waals surface area (Å²) >= 11 is 0. The molecule has 0 atom stereocenters. The lowest BCUT2D eigenvalue weighted by Gasteiger charge is -2.28. The summed E-state index contributed by atoms with van der Waals surface area (Å²) in [6, 6.07) is 11.6. The van der Waals surface area contributed by atoms with Gasteiger partial charge in [-0.15, -0.1) is 13.2 Å². The second kappa shape index (κ2) is 10.8. The van der Waals surface area contributed by atoms with Gasteiger partial charge >= 0.3 is 11.9 Å². The Balaban J connectivity index is 2.49. The van der Waals surface area contributed by atoms with Crippen molar-refractivity contribution in [2.45, 2.75) is 46.0 Å². The van der Waals surface area contributed by atoms with E-state index in [1.54, 1.807) is 26.0 Å². The lowest BCUT2D eigenvalue weighted by molar-refractivity contribution is -0.131. The van der Waals surface area contributed by atoms with E-state index >= 15 is 0 Å². The summed E-state index contributed by atoms with van der Waals surface area (Å²) in [5.41, 5.74) is 4.13. The zero-order valence-electron chi connectivity index (χ0n) is 20.0. The molecule has 2 aromatic rings. The van der Waals surface area contributed by atoms with Crippen LogP contribution in [-0.2, 0) is 27.8 Å². The van der Waals surface area contributed by atoms with Crippen LogP contribution in [0.1, 0.15) is 49.9 Å². The molecule has 2 rings (SSSR count). The molecule has 0 unspecified atom stereocenters. The predicted octanol–water partition coefficient (Wildman–Crippen LogP) is 6.43. The van der Waals surface area contributed by atoms with E-state index in [1.165, 1.54) is 0 Å². The molecular weight excluding hydrogens is 412 g/mol. The van der Waals surface area contributed by atoms with Crippen molar-refractivity contribution >= 4 is 11.9 Å². The molecular formula is C29H32O4. The molecule has 0 saturated heterocycles. The molecule has 0 aliphatic heterocycles. The lowest BCUT2D eigenvalue weighted by atomic mass is 9.76. The Morgan fingerprint density at radius 3 is 1.45 bits per heavy atom. The third-order valence-electron chi connectivity index (χ3n) is 5.40. The predicted molar refractivity (Wildman–Crippen MR) is 134 cm³/mol. The van der Waals surface area contributed by atoms with Gasteiger partial charge in [0.25, 0.3) is 0 Å². The lowest BCUT2D eigenvalue weighted by Crippen LogP contribution is -2.20. The molecule has 0 aliphatic carbocycles. The summed E-state index contributed by atoms with van der Waals surface area (Å²) in [7, 11) is 0. The topological polar surface area (TPSA) is 52.6 Å². The zero-order chi connectivity index (χ0) is 24.8. The minimum atomic E-state index is -0.457. The van der Waals surface area contributed by atoms with E-state index < -0.39 is 11.9 Å². The Morgan fingerprint density at radius 1 is 0.788 bits per heavy atom. The van der Waals surface area contributed by atoms with Gasteiger partial charge in [-0.05, 0) is 61.1 Å². The minimum Gasteiger partial charge on any atom is -0.423 e. The fourth-order valence-corrected chi connectivity index (χ4v) is 3.31. The quantitative estimate of drug-likeness (QED) is 0.183. The molecule has 0 aliphatic rings. The smallest absolute Gasteiger partial charge is 0.338 e. The van der Waals surface area contributed by atoms with Gasteiger partial charge in [-0.1, -0.05) is 63.4 Å². The van der Waals surface area contributed by atoms with E-state index in [0.717, 1.165) is 22.3 Å². The number of rotatable bonds is 10. The molecule has 4 nitrogen and oxygen atoms in total. The van der Waals surface area contributed by atoms with E-state index in [9.17, 15) is 9.59 Å². The third-order valence-corrected chi connectivity index (χ3v) is 5.40. The van der Waals surface area contributed by atoms with Crippen LogP contribution in [0.2, 0.25) is 0 Å². The van der Waals surface area contributed by atoms with Gasteiger partial charge in [-0.25, -0.2) is 9.59 Å². The summed E-state index contributed by atoms with van der Waals surface area (Å²) in [5, 5.41) is 0. The number of allylic oxidation sites excluding steroid dienone is 2. The molecule has 0 heterocycles. The zero-order valence-corrected chi connectivity index (χ0v) is 20.0. The maximum atomic E-state index is 12.0. The number of carbonyl (C=O) groups excluding carboxylic acids is 2. The molecule has 0 aromatic heterocycles. The van der Waals surface area contributed by atoms with Crippen molar-refractivity contribution in [3.05, 3.63) is 108 Å². The fourth-order valence-electron chi connectivity index (χ4n) is 3.31. The summed E-state index contributed by atoms with van der Waals surface area (Å²) in [6.45, 7) is 22.4. The maximum absolute atomic E-state index is 12.0. The highest BCUT2D eigenvalue weighted by Gasteiger charge is 2.26. The van der Waals surface area contributed by atoms with Gasteiger partial charge in [-0.3, -0.25) is 0 Å². The first kappa shape index (κ1) is 25.6. The highest BCUT2D eigenvalue weighted by atomic mass is 16.5. The molecule has 0 N–H and O–H groups in total. The molecule has 33 heavy (non-hydrogen) atoms. The second-order valence-electron chi connectivity index (χ2n) is 8.60. The number of ether oxygens (including phenoxy) is 2. The highest BCUT2D eigenvalue weighted by Crippen LogP contribution is 2.37. The fraction of sp³-hybridized carbons (Fsp3) is 0.241. The minimum absolute atomic E-state index is 0.339. The van der Waals surface area contributed by atoms with Crippen LogP contribution in [0.3, 0.4) is 0 Å². The monoisotopic (exact) mass is 444 g/mol. The van der Waals surface area contributed by atoms with E-state index in [2.05, 4.69) is 40.2 Å². The Labute approximate surface area is 196 Å². The van der Waals surface area contributed by atoms with Crippen LogP contribution >= 0.6 is 0 Å². The van der Waals surface area contributed by atoms with Gasteiger partial charge in [0.1, 0.15) is 11.5 Å². The van der Waals surface area contributed by atoms with Gasteiger partial charge in [0, 0.05) is 16.6 Å². The van der Waals surface area contributed by atoms with Crippen LogP contribution in [0.15, 0.2) is 86.0 Å². The van der Waals surface area contributed by atoms with Crippen molar-refractivity contribution in [1.29, 1.82) is 0 Å². The number of benzene rings is 2. The first-order valence-corrected chi connectivity index (χ1v) is 10.7. The van der Waals surface area contributed by atoms with Crippen LogP contribution in [0.5, 0.6) is 11.5 Å². The van der Waals surface area contributed by atoms with E-state index in [4.69, 9.17) is 9.47 Å². The van der Waals surface area contributed by atoms with Crippen molar-refractivity contribution in [3.63, 3.8) is 0 Å². The van der Waals surface area contributed by atoms with Crippen molar-refractivity contribution in [3.8, 4) is 11.5 Å². The largest absolute Gasteiger partial charge is 0.423 e. The molecule has 0 bridgehead atoms. The highest BCUT2D eigenvalue weighted by molar-refractivity contribution is 5.89. The molecule has 0 saturated carbocycles. The molecule has 2 aromatic carbocycles. The Kier molecular flexibility index (Phi) is 8.36. The van der Waals surface area contributed by atoms with Crippen molar-refractivity contribution in [2.24, 2.45) is 0 Å². The van der Waals surface area contributed by atoms with Gasteiger partial charge in [0.15, 0.2) is 0 Å². The van der Waals surface area contributed by atoms with Crippen molar-refractivity contribution < 1.29 is 19.1 Å². The van der Waals surface area contributed by atoms with E-state index in [-0.39, 0.29) is 5.41 Å². The molecule has 172 valence electrons. The average Bonchev–Trinajstić information content (AvgIpc) is 2.76. The van der Waals surface area contributed by atoms with Crippen molar-refractivity contribution in [1.82, 2.24) is 0 Å². The number of hydrogen-bond acceptors (Lipinski definition) is 4. The van der Waals surface area contributed by atoms with Crippen LogP contribution in [-0.4, -0.2) is 11.9 Å². The van der Waals surface area contributed by atoms with E-state index in [0.29, 0.717) is 35.5 Å². The SMILES string of the molecule is C=CCc1cc(C(C)(C)c2ccc(OC(=O)C(=C)C)c(CC=C)c2)ccc1OC(=O)C(=C)C. The van der Waals surface area contributed by atoms with Crippen LogP contribution in [0, 0.1) is 0 Å². The first-order chi connectivity index (χ1) is 15.5.